The molecule has 0 fully saturated rings. The molecule has 0 aliphatic carbocycles. The van der Waals surface area contributed by atoms with Crippen LogP contribution < -0.4 is 0 Å². The Morgan fingerprint density at radius 3 is 3.57 bits per heavy atom. The zero-order valence-corrected chi connectivity index (χ0v) is 4.13. The van der Waals surface area contributed by atoms with Crippen LogP contribution in [0, 0.1) is 6.61 Å². The fourth-order valence-corrected chi connectivity index (χ4v) is 0.466. The summed E-state index contributed by atoms with van der Waals surface area (Å²) in [7, 11) is 0. The zero-order valence-electron chi connectivity index (χ0n) is 4.13. The molecule has 39 valence electrons. The van der Waals surface area contributed by atoms with E-state index in [0.29, 0.717) is 6.61 Å². The summed E-state index contributed by atoms with van der Waals surface area (Å²) in [6, 6.07) is 0. The first-order valence-electron chi connectivity index (χ1n) is 2.42. The van der Waals surface area contributed by atoms with Gasteiger partial charge in [-0.25, -0.2) is 0 Å². The first kappa shape index (κ1) is 4.78. The van der Waals surface area contributed by atoms with E-state index in [-0.39, 0.29) is 0 Å². The average molecular weight is 98.1 g/mol. The van der Waals surface area contributed by atoms with Crippen molar-refractivity contribution in [2.24, 2.45) is 4.99 Å². The van der Waals surface area contributed by atoms with Gasteiger partial charge >= 0.3 is 0 Å². The van der Waals surface area contributed by atoms with E-state index >= 15 is 0 Å². The Kier molecular flexibility index (Phi) is 1.88. The average Bonchev–Trinajstić information content (AvgIpc) is 1.90. The molecule has 2 nitrogen and oxygen atoms in total. The zero-order chi connectivity index (χ0) is 4.95. The molecule has 0 unspecified atom stereocenters. The second-order valence-electron chi connectivity index (χ2n) is 1.38. The molecule has 0 amide bonds. The molecule has 1 radical (unpaired) electrons. The van der Waals surface area contributed by atoms with Gasteiger partial charge in [0.25, 0.3) is 0 Å². The van der Waals surface area contributed by atoms with E-state index in [1.807, 2.05) is 0 Å². The summed E-state index contributed by atoms with van der Waals surface area (Å²) in [6.07, 6.45) is 2.75. The van der Waals surface area contributed by atoms with Crippen LogP contribution in [-0.4, -0.2) is 19.4 Å². The van der Waals surface area contributed by atoms with Gasteiger partial charge in [-0.2, -0.15) is 0 Å². The van der Waals surface area contributed by atoms with E-state index in [4.69, 9.17) is 4.74 Å². The van der Waals surface area contributed by atoms with E-state index in [0.717, 1.165) is 13.0 Å². The van der Waals surface area contributed by atoms with Crippen molar-refractivity contribution in [2.75, 3.05) is 13.2 Å². The molecule has 0 spiro atoms. The summed E-state index contributed by atoms with van der Waals surface area (Å²) in [4.78, 5) is 3.99. The smallest absolute Gasteiger partial charge is 0.0860 e. The Bertz CT molecular complexity index is 62.5. The molecule has 0 aromatic carbocycles. The molecular weight excluding hydrogens is 90.1 g/mol. The third kappa shape index (κ3) is 1.69. The van der Waals surface area contributed by atoms with Crippen molar-refractivity contribution in [1.29, 1.82) is 0 Å². The van der Waals surface area contributed by atoms with Crippen LogP contribution >= 0.6 is 0 Å². The fourth-order valence-electron chi connectivity index (χ4n) is 0.466. The molecule has 0 bridgehead atoms. The lowest BCUT2D eigenvalue weighted by Gasteiger charge is -1.88. The Morgan fingerprint density at radius 2 is 2.57 bits per heavy atom. The molecule has 1 aliphatic rings. The van der Waals surface area contributed by atoms with Crippen molar-refractivity contribution in [3.63, 3.8) is 0 Å². The molecule has 1 aliphatic heterocycles. The van der Waals surface area contributed by atoms with Gasteiger partial charge in [0.2, 0.25) is 0 Å². The van der Waals surface area contributed by atoms with E-state index < -0.39 is 0 Å². The summed E-state index contributed by atoms with van der Waals surface area (Å²) < 4.78 is 4.92. The van der Waals surface area contributed by atoms with Crippen LogP contribution in [0.4, 0.5) is 0 Å². The first-order chi connectivity index (χ1) is 3.50. The summed E-state index contributed by atoms with van der Waals surface area (Å²) in [5.41, 5.74) is 0. The minimum absolute atomic E-state index is 0.653. The van der Waals surface area contributed by atoms with Crippen LogP contribution in [0.25, 0.3) is 0 Å². The van der Waals surface area contributed by atoms with E-state index in [2.05, 4.69) is 4.99 Å². The standard InChI is InChI=1S/C5H8NO/c1-2-6-3-5-7-4-1/h3-4H,1-2,5H2. The highest BCUT2D eigenvalue weighted by Gasteiger charge is 1.89. The van der Waals surface area contributed by atoms with Gasteiger partial charge in [0.1, 0.15) is 0 Å². The third-order valence-electron chi connectivity index (χ3n) is 0.794. The lowest BCUT2D eigenvalue weighted by atomic mass is 10.5. The minimum atomic E-state index is 0.653. The van der Waals surface area contributed by atoms with Crippen LogP contribution in [0.3, 0.4) is 0 Å². The van der Waals surface area contributed by atoms with E-state index in [1.54, 1.807) is 12.8 Å². The highest BCUT2D eigenvalue weighted by molar-refractivity contribution is 5.58. The molecule has 7 heavy (non-hydrogen) atoms. The van der Waals surface area contributed by atoms with Gasteiger partial charge < -0.3 is 4.74 Å². The Balaban J connectivity index is 2.20. The normalized spacial score (nSPS) is 21.7. The largest absolute Gasteiger partial charge is 0.370 e. The molecule has 0 N–H and O–H groups in total. The summed E-state index contributed by atoms with van der Waals surface area (Å²) in [5, 5.41) is 0. The lowest BCUT2D eigenvalue weighted by molar-refractivity contribution is 0.244. The Morgan fingerprint density at radius 1 is 1.57 bits per heavy atom. The van der Waals surface area contributed by atoms with Gasteiger partial charge in [-0.3, -0.25) is 4.99 Å². The molecule has 0 saturated carbocycles. The van der Waals surface area contributed by atoms with Gasteiger partial charge in [0, 0.05) is 12.8 Å². The maximum absolute atomic E-state index is 4.92. The number of rotatable bonds is 0. The van der Waals surface area contributed by atoms with Crippen molar-refractivity contribution >= 4 is 6.21 Å². The van der Waals surface area contributed by atoms with Gasteiger partial charge in [-0.1, -0.05) is 0 Å². The molecule has 0 atom stereocenters. The highest BCUT2D eigenvalue weighted by Crippen LogP contribution is 1.92. The van der Waals surface area contributed by atoms with Crippen LogP contribution in [-0.2, 0) is 4.74 Å². The predicted molar refractivity (Wildman–Crippen MR) is 28.2 cm³/mol. The number of hydrogen-bond donors (Lipinski definition) is 0. The number of aliphatic imine (C=N–C) groups is 1. The van der Waals surface area contributed by atoms with Crippen molar-refractivity contribution in [2.45, 2.75) is 6.42 Å². The fraction of sp³-hybridized carbons (Fsp3) is 0.600. The molecule has 0 aromatic rings. The lowest BCUT2D eigenvalue weighted by Crippen LogP contribution is -1.86. The van der Waals surface area contributed by atoms with Gasteiger partial charge in [0.15, 0.2) is 0 Å². The summed E-state index contributed by atoms with van der Waals surface area (Å²) in [6.45, 7) is 3.34. The monoisotopic (exact) mass is 98.1 g/mol. The topological polar surface area (TPSA) is 21.6 Å². The maximum Gasteiger partial charge on any atom is 0.0860 e. The molecule has 0 saturated heterocycles. The molecule has 1 heterocycles. The first-order valence-corrected chi connectivity index (χ1v) is 2.42. The number of hydrogen-bond acceptors (Lipinski definition) is 2. The van der Waals surface area contributed by atoms with Crippen LogP contribution in [0.1, 0.15) is 6.42 Å². The maximum atomic E-state index is 4.92. The predicted octanol–water partition coefficient (Wildman–Crippen LogP) is 0.639. The van der Waals surface area contributed by atoms with E-state index in [1.165, 1.54) is 0 Å². The molecule has 0 aromatic heterocycles. The quantitative estimate of drug-likeness (QED) is 0.435. The minimum Gasteiger partial charge on any atom is -0.370 e. The van der Waals surface area contributed by atoms with Gasteiger partial charge in [0.05, 0.1) is 13.2 Å². The second-order valence-corrected chi connectivity index (χ2v) is 1.38. The number of ether oxygens (including phenoxy) is 1. The SMILES string of the molecule is [CH]1CCN=CCO1. The van der Waals surface area contributed by atoms with Crippen LogP contribution in [0.2, 0.25) is 0 Å². The highest BCUT2D eigenvalue weighted by atomic mass is 16.5. The van der Waals surface area contributed by atoms with Crippen molar-refractivity contribution < 1.29 is 4.74 Å². The third-order valence-corrected chi connectivity index (χ3v) is 0.794. The second kappa shape index (κ2) is 2.75. The Hall–Kier alpha value is -0.370. The summed E-state index contributed by atoms with van der Waals surface area (Å²) >= 11 is 0. The van der Waals surface area contributed by atoms with Crippen LogP contribution in [0.5, 0.6) is 0 Å². The van der Waals surface area contributed by atoms with Gasteiger partial charge in [-0.15, -0.1) is 0 Å². The van der Waals surface area contributed by atoms with Crippen LogP contribution in [0.15, 0.2) is 4.99 Å². The van der Waals surface area contributed by atoms with Crippen molar-refractivity contribution in [3.05, 3.63) is 6.61 Å². The molecule has 2 heteroatoms. The molecule has 1 rings (SSSR count). The van der Waals surface area contributed by atoms with E-state index in [9.17, 15) is 0 Å². The van der Waals surface area contributed by atoms with Crippen molar-refractivity contribution in [1.82, 2.24) is 0 Å². The van der Waals surface area contributed by atoms with Gasteiger partial charge in [-0.05, 0) is 6.42 Å². The summed E-state index contributed by atoms with van der Waals surface area (Å²) in [5.74, 6) is 0. The van der Waals surface area contributed by atoms with Crippen molar-refractivity contribution in [3.8, 4) is 0 Å². The number of nitrogens with zero attached hydrogens (tertiary/aromatic N) is 1. The molecular formula is C5H8NO. The Labute approximate surface area is 43.2 Å².